The average molecular weight is 505 g/mol. The molecule has 4 aromatic rings. The number of aromatic nitrogens is 2. The number of methoxy groups -OCH3 is 1. The van der Waals surface area contributed by atoms with Crippen LogP contribution < -0.4 is 0 Å². The Kier molecular flexibility index (Phi) is 6.02. The van der Waals surface area contributed by atoms with E-state index in [1.165, 1.54) is 7.11 Å². The van der Waals surface area contributed by atoms with Crippen molar-refractivity contribution in [2.45, 2.75) is 24.7 Å². The second kappa shape index (κ2) is 9.02. The van der Waals surface area contributed by atoms with Crippen molar-refractivity contribution in [3.63, 3.8) is 0 Å². The van der Waals surface area contributed by atoms with Crippen LogP contribution in [-0.4, -0.2) is 37.5 Å². The van der Waals surface area contributed by atoms with Crippen LogP contribution in [0, 0.1) is 6.92 Å². The molecule has 0 atom stereocenters. The van der Waals surface area contributed by atoms with Crippen molar-refractivity contribution >= 4 is 25.6 Å². The highest BCUT2D eigenvalue weighted by molar-refractivity contribution is 8.71. The summed E-state index contributed by atoms with van der Waals surface area (Å²) < 4.78 is 31.7. The lowest BCUT2D eigenvalue weighted by molar-refractivity contribution is 0.0597. The number of carbonyl (C=O) groups excluding carboxylic acids is 1. The summed E-state index contributed by atoms with van der Waals surface area (Å²) in [6.07, 6.45) is 4.44. The Hall–Kier alpha value is -3.36. The van der Waals surface area contributed by atoms with Gasteiger partial charge in [0.15, 0.2) is 0 Å². The maximum atomic E-state index is 13.1. The fraction of sp³-hybridized carbons (Fsp3) is 0.185. The minimum Gasteiger partial charge on any atom is -0.465 e. The summed E-state index contributed by atoms with van der Waals surface area (Å²) in [5.74, 6) is -0.567. The van der Waals surface area contributed by atoms with Crippen LogP contribution in [0.4, 0.5) is 0 Å². The molecule has 1 aliphatic carbocycles. The first-order chi connectivity index (χ1) is 16.7. The van der Waals surface area contributed by atoms with Gasteiger partial charge in [0.2, 0.25) is 8.87 Å². The largest absolute Gasteiger partial charge is 0.465 e. The molecule has 3 aromatic carbocycles. The minimum atomic E-state index is -3.50. The van der Waals surface area contributed by atoms with Crippen molar-refractivity contribution in [2.75, 3.05) is 13.4 Å². The van der Waals surface area contributed by atoms with Crippen LogP contribution in [0.25, 0.3) is 27.9 Å². The Morgan fingerprint density at radius 2 is 1.74 bits per heavy atom. The summed E-state index contributed by atoms with van der Waals surface area (Å²) in [4.78, 5) is 13.5. The Bertz CT molecular complexity index is 1540. The molecule has 0 amide bonds. The van der Waals surface area contributed by atoms with Crippen molar-refractivity contribution in [1.82, 2.24) is 9.78 Å². The summed E-state index contributed by atoms with van der Waals surface area (Å²) >= 11 is 0. The Morgan fingerprint density at radius 3 is 2.40 bits per heavy atom. The summed E-state index contributed by atoms with van der Waals surface area (Å²) in [5, 5.41) is 4.80. The molecule has 0 radical (unpaired) electrons. The van der Waals surface area contributed by atoms with Gasteiger partial charge in [0, 0.05) is 39.3 Å². The number of esters is 1. The number of nitrogens with zero attached hydrogens (tertiary/aromatic N) is 2. The minimum absolute atomic E-state index is 0.266. The number of ether oxygens (including phenoxy) is 1. The molecule has 35 heavy (non-hydrogen) atoms. The van der Waals surface area contributed by atoms with Crippen molar-refractivity contribution in [3.05, 3.63) is 89.2 Å². The zero-order valence-electron chi connectivity index (χ0n) is 19.6. The first-order valence-electron chi connectivity index (χ1n) is 11.1. The zero-order chi connectivity index (χ0) is 24.7. The summed E-state index contributed by atoms with van der Waals surface area (Å²) in [7, 11) is -1.51. The number of para-hydroxylation sites is 1. The summed E-state index contributed by atoms with van der Waals surface area (Å²) in [6, 6.07) is 19.7. The second-order valence-electron chi connectivity index (χ2n) is 8.57. The molecule has 0 unspecified atom stereocenters. The van der Waals surface area contributed by atoms with Gasteiger partial charge in [-0.2, -0.15) is 5.10 Å². The Labute approximate surface area is 208 Å². The van der Waals surface area contributed by atoms with Gasteiger partial charge in [-0.15, -0.1) is 0 Å². The van der Waals surface area contributed by atoms with Crippen LogP contribution >= 0.6 is 10.8 Å². The van der Waals surface area contributed by atoms with E-state index in [0.717, 1.165) is 45.5 Å². The van der Waals surface area contributed by atoms with Crippen LogP contribution in [0.15, 0.2) is 71.8 Å². The fourth-order valence-corrected chi connectivity index (χ4v) is 6.67. The van der Waals surface area contributed by atoms with Crippen LogP contribution in [0.3, 0.4) is 0 Å². The maximum absolute atomic E-state index is 13.1. The predicted octanol–water partition coefficient (Wildman–Crippen LogP) is 5.45. The normalized spacial score (nSPS) is 12.7. The molecule has 1 aliphatic rings. The van der Waals surface area contributed by atoms with Crippen molar-refractivity contribution in [2.24, 2.45) is 0 Å². The predicted molar refractivity (Wildman–Crippen MR) is 139 cm³/mol. The molecule has 0 saturated heterocycles. The molecular weight excluding hydrogens is 480 g/mol. The molecule has 1 heterocycles. The van der Waals surface area contributed by atoms with E-state index in [-0.39, 0.29) is 5.56 Å². The third kappa shape index (κ3) is 4.51. The number of hydrogen-bond donors (Lipinski definition) is 0. The van der Waals surface area contributed by atoms with Gasteiger partial charge in [0.25, 0.3) is 0 Å². The van der Waals surface area contributed by atoms with E-state index in [1.807, 2.05) is 78.5 Å². The van der Waals surface area contributed by atoms with Gasteiger partial charge in [-0.05, 0) is 54.7 Å². The molecule has 0 aliphatic heterocycles. The van der Waals surface area contributed by atoms with Crippen LogP contribution in [0.2, 0.25) is 0 Å². The maximum Gasteiger partial charge on any atom is 0.339 e. The number of benzene rings is 3. The van der Waals surface area contributed by atoms with Crippen molar-refractivity contribution < 1.29 is 17.9 Å². The van der Waals surface area contributed by atoms with Gasteiger partial charge < -0.3 is 4.74 Å². The van der Waals surface area contributed by atoms with E-state index in [9.17, 15) is 13.2 Å². The summed E-state index contributed by atoms with van der Waals surface area (Å²) in [6.45, 7) is 2.02. The van der Waals surface area contributed by atoms with Crippen molar-refractivity contribution in [1.29, 1.82) is 0 Å². The number of aryl methyl sites for hydroxylation is 2. The van der Waals surface area contributed by atoms with Crippen LogP contribution in [0.5, 0.6) is 0 Å². The molecule has 0 fully saturated rings. The summed E-state index contributed by atoms with van der Waals surface area (Å²) in [5.41, 5.74) is 7.56. The van der Waals surface area contributed by atoms with Gasteiger partial charge >= 0.3 is 5.97 Å². The third-order valence-electron chi connectivity index (χ3n) is 6.08. The zero-order valence-corrected chi connectivity index (χ0v) is 21.2. The fourth-order valence-electron chi connectivity index (χ4n) is 4.54. The van der Waals surface area contributed by atoms with Crippen LogP contribution in [-0.2, 0) is 26.4 Å². The lowest BCUT2D eigenvalue weighted by Gasteiger charge is -2.24. The monoisotopic (exact) mass is 504 g/mol. The highest BCUT2D eigenvalue weighted by atomic mass is 33.1. The van der Waals surface area contributed by atoms with Gasteiger partial charge in [0.05, 0.1) is 24.1 Å². The number of hydrogen-bond acceptors (Lipinski definition) is 6. The lowest BCUT2D eigenvalue weighted by Crippen LogP contribution is -2.14. The molecule has 178 valence electrons. The first-order valence-corrected chi connectivity index (χ1v) is 14.4. The molecule has 0 saturated carbocycles. The van der Waals surface area contributed by atoms with E-state index in [2.05, 4.69) is 0 Å². The number of rotatable bonds is 5. The lowest BCUT2D eigenvalue weighted by atomic mass is 9.82. The first kappa shape index (κ1) is 23.4. The number of fused-ring (bicyclic) bond motifs is 3. The highest BCUT2D eigenvalue weighted by Gasteiger charge is 2.32. The van der Waals surface area contributed by atoms with E-state index in [4.69, 9.17) is 9.84 Å². The van der Waals surface area contributed by atoms with E-state index < -0.39 is 14.8 Å². The van der Waals surface area contributed by atoms with E-state index >= 15 is 0 Å². The van der Waals surface area contributed by atoms with Crippen LogP contribution in [0.1, 0.15) is 27.2 Å². The quantitative estimate of drug-likeness (QED) is 0.266. The molecule has 6 nitrogen and oxygen atoms in total. The molecule has 0 bridgehead atoms. The third-order valence-corrected chi connectivity index (χ3v) is 8.34. The number of carbonyl (C=O) groups is 1. The topological polar surface area (TPSA) is 78.3 Å². The van der Waals surface area contributed by atoms with E-state index in [0.29, 0.717) is 34.1 Å². The highest BCUT2D eigenvalue weighted by Crippen LogP contribution is 2.46. The van der Waals surface area contributed by atoms with Gasteiger partial charge in [-0.3, -0.25) is 0 Å². The Morgan fingerprint density at radius 1 is 1.03 bits per heavy atom. The molecule has 0 N–H and O–H groups in total. The van der Waals surface area contributed by atoms with E-state index in [1.54, 1.807) is 0 Å². The smallest absolute Gasteiger partial charge is 0.339 e. The Balaban J connectivity index is 1.83. The standard InChI is InChI=1S/C27H24N2O4S2/c1-17-9-11-18(12-10-17)21-15-24(34-35(3,31)32)26(27(30)33-2)25-20(21)13-14-23-22(25)16-29(28-23)19-7-5-4-6-8-19/h4-12,15-16H,13-14H2,1-3H3. The van der Waals surface area contributed by atoms with Crippen molar-refractivity contribution in [3.8, 4) is 27.9 Å². The molecule has 1 aromatic heterocycles. The molecule has 5 rings (SSSR count). The molecule has 8 heteroatoms. The molecule has 0 spiro atoms. The van der Waals surface area contributed by atoms with Gasteiger partial charge in [-0.1, -0.05) is 48.0 Å². The second-order valence-corrected chi connectivity index (χ2v) is 12.9. The molecular formula is C27H24N2O4S2. The average Bonchev–Trinajstić information content (AvgIpc) is 3.28. The SMILES string of the molecule is COC(=O)c1c(SS(C)(=O)=O)cc(-c2ccc(C)cc2)c2c1-c1cn(-c3ccccc3)nc1CC2. The van der Waals surface area contributed by atoms with Gasteiger partial charge in [-0.25, -0.2) is 17.9 Å². The van der Waals surface area contributed by atoms with Gasteiger partial charge in [0.1, 0.15) is 0 Å².